The molecule has 0 radical (unpaired) electrons. The molecule has 7 heteroatoms. The standard InChI is InChI=1S/C20H19N3O2S2/c1-4-23-19(25)18(27-20(23)26)11-14-10-16(7-8-17(14)24)22-21-15-6-5-12(2)13(3)9-15/h5-11,24H,4H2,1-3H3/b18-11-,22-21?. The van der Waals surface area contributed by atoms with Gasteiger partial charge in [-0.3, -0.25) is 9.69 Å². The number of aryl methyl sites for hydroxylation is 2. The number of nitrogens with zero attached hydrogens (tertiary/aromatic N) is 3. The van der Waals surface area contributed by atoms with Crippen molar-refractivity contribution < 1.29 is 9.90 Å². The number of phenolic OH excluding ortho intramolecular Hbond substituents is 1. The minimum Gasteiger partial charge on any atom is -0.507 e. The number of hydrogen-bond acceptors (Lipinski definition) is 6. The third-order valence-electron chi connectivity index (χ3n) is 4.26. The summed E-state index contributed by atoms with van der Waals surface area (Å²) >= 11 is 6.45. The molecule has 2 aromatic carbocycles. The quantitative estimate of drug-likeness (QED) is 0.411. The summed E-state index contributed by atoms with van der Waals surface area (Å²) in [5.41, 5.74) is 4.20. The van der Waals surface area contributed by atoms with Gasteiger partial charge in [0.1, 0.15) is 10.1 Å². The lowest BCUT2D eigenvalue weighted by Crippen LogP contribution is -2.27. The Morgan fingerprint density at radius 3 is 2.41 bits per heavy atom. The van der Waals surface area contributed by atoms with Crippen LogP contribution < -0.4 is 0 Å². The second-order valence-corrected chi connectivity index (χ2v) is 7.81. The van der Waals surface area contributed by atoms with Gasteiger partial charge in [-0.1, -0.05) is 30.0 Å². The zero-order valence-corrected chi connectivity index (χ0v) is 16.9. The van der Waals surface area contributed by atoms with Crippen molar-refractivity contribution in [1.82, 2.24) is 4.90 Å². The van der Waals surface area contributed by atoms with Gasteiger partial charge in [-0.05, 0) is 68.3 Å². The zero-order valence-electron chi connectivity index (χ0n) is 15.3. The van der Waals surface area contributed by atoms with Crippen molar-refractivity contribution >= 4 is 51.7 Å². The van der Waals surface area contributed by atoms with E-state index in [9.17, 15) is 9.90 Å². The first-order valence-corrected chi connectivity index (χ1v) is 9.69. The molecule has 1 fully saturated rings. The van der Waals surface area contributed by atoms with Crippen molar-refractivity contribution in [1.29, 1.82) is 0 Å². The second kappa shape index (κ2) is 8.02. The van der Waals surface area contributed by atoms with Crippen molar-refractivity contribution in [2.45, 2.75) is 20.8 Å². The molecule has 1 aliphatic rings. The number of carbonyl (C=O) groups is 1. The van der Waals surface area contributed by atoms with E-state index in [1.54, 1.807) is 24.3 Å². The Balaban J connectivity index is 1.87. The van der Waals surface area contributed by atoms with E-state index in [-0.39, 0.29) is 11.7 Å². The van der Waals surface area contributed by atoms with Crippen LogP contribution in [-0.4, -0.2) is 26.8 Å². The number of azo groups is 1. The molecule has 0 aromatic heterocycles. The molecule has 1 N–H and O–H groups in total. The molecule has 0 atom stereocenters. The van der Waals surface area contributed by atoms with E-state index in [1.807, 2.05) is 39.0 Å². The molecule has 27 heavy (non-hydrogen) atoms. The lowest BCUT2D eigenvalue weighted by atomic mass is 10.1. The third-order valence-corrected chi connectivity index (χ3v) is 5.64. The van der Waals surface area contributed by atoms with Gasteiger partial charge in [-0.25, -0.2) is 0 Å². The normalized spacial score (nSPS) is 16.1. The molecule has 0 bridgehead atoms. The van der Waals surface area contributed by atoms with Crippen LogP contribution in [-0.2, 0) is 4.79 Å². The SMILES string of the molecule is CCN1C(=O)/C(=C/c2cc(N=Nc3ccc(C)c(C)c3)ccc2O)SC1=S. The molecule has 1 heterocycles. The van der Waals surface area contributed by atoms with Crippen LogP contribution in [0, 0.1) is 13.8 Å². The molecule has 0 saturated carbocycles. The van der Waals surface area contributed by atoms with Crippen molar-refractivity contribution in [3.8, 4) is 5.75 Å². The van der Waals surface area contributed by atoms with Crippen LogP contribution in [0.4, 0.5) is 11.4 Å². The summed E-state index contributed by atoms with van der Waals surface area (Å²) in [5.74, 6) is -0.0732. The minimum atomic E-state index is -0.144. The predicted octanol–water partition coefficient (Wildman–Crippen LogP) is 5.65. The summed E-state index contributed by atoms with van der Waals surface area (Å²) < 4.78 is 0.527. The molecule has 0 unspecified atom stereocenters. The average Bonchev–Trinajstić information content (AvgIpc) is 2.91. The van der Waals surface area contributed by atoms with Gasteiger partial charge in [0.25, 0.3) is 5.91 Å². The summed E-state index contributed by atoms with van der Waals surface area (Å²) in [6.45, 7) is 6.47. The van der Waals surface area contributed by atoms with Crippen molar-refractivity contribution in [3.05, 3.63) is 58.0 Å². The van der Waals surface area contributed by atoms with Gasteiger partial charge in [-0.15, -0.1) is 0 Å². The number of phenols is 1. The van der Waals surface area contributed by atoms with E-state index in [0.717, 1.165) is 11.3 Å². The van der Waals surface area contributed by atoms with Crippen LogP contribution in [0.1, 0.15) is 23.6 Å². The Hall–Kier alpha value is -2.51. The van der Waals surface area contributed by atoms with Gasteiger partial charge in [0.2, 0.25) is 0 Å². The molecular formula is C20H19N3O2S2. The maximum atomic E-state index is 12.3. The average molecular weight is 398 g/mol. The Labute approximate surface area is 167 Å². The number of thioether (sulfide) groups is 1. The molecule has 1 saturated heterocycles. The summed E-state index contributed by atoms with van der Waals surface area (Å²) in [7, 11) is 0. The number of hydrogen-bond donors (Lipinski definition) is 1. The number of amides is 1. The van der Waals surface area contributed by atoms with Crippen LogP contribution in [0.5, 0.6) is 5.75 Å². The molecule has 1 aliphatic heterocycles. The van der Waals surface area contributed by atoms with Gasteiger partial charge in [0.05, 0.1) is 16.3 Å². The first-order chi connectivity index (χ1) is 12.9. The number of aromatic hydroxyl groups is 1. The van der Waals surface area contributed by atoms with Gasteiger partial charge < -0.3 is 5.11 Å². The van der Waals surface area contributed by atoms with E-state index in [1.165, 1.54) is 22.2 Å². The maximum absolute atomic E-state index is 12.3. The van der Waals surface area contributed by atoms with E-state index < -0.39 is 0 Å². The van der Waals surface area contributed by atoms with Crippen molar-refractivity contribution in [2.24, 2.45) is 10.2 Å². The number of thiocarbonyl (C=S) groups is 1. The fourth-order valence-electron chi connectivity index (χ4n) is 2.54. The first-order valence-electron chi connectivity index (χ1n) is 8.46. The Morgan fingerprint density at radius 2 is 1.78 bits per heavy atom. The van der Waals surface area contributed by atoms with Crippen LogP contribution in [0.2, 0.25) is 0 Å². The fraction of sp³-hybridized carbons (Fsp3) is 0.200. The predicted molar refractivity (Wildman–Crippen MR) is 114 cm³/mol. The van der Waals surface area contributed by atoms with Crippen LogP contribution in [0.15, 0.2) is 51.5 Å². The molecule has 0 spiro atoms. The fourth-order valence-corrected chi connectivity index (χ4v) is 3.91. The van der Waals surface area contributed by atoms with E-state index in [0.29, 0.717) is 27.0 Å². The summed E-state index contributed by atoms with van der Waals surface area (Å²) in [6, 6.07) is 10.8. The molecule has 0 aliphatic carbocycles. The second-order valence-electron chi connectivity index (χ2n) is 6.14. The highest BCUT2D eigenvalue weighted by molar-refractivity contribution is 8.26. The van der Waals surface area contributed by atoms with Gasteiger partial charge >= 0.3 is 0 Å². The maximum Gasteiger partial charge on any atom is 0.266 e. The van der Waals surface area contributed by atoms with Gasteiger partial charge in [0.15, 0.2) is 0 Å². The monoisotopic (exact) mass is 397 g/mol. The van der Waals surface area contributed by atoms with Crippen molar-refractivity contribution in [3.63, 3.8) is 0 Å². The van der Waals surface area contributed by atoms with Crippen LogP contribution >= 0.6 is 24.0 Å². The molecule has 5 nitrogen and oxygen atoms in total. The lowest BCUT2D eigenvalue weighted by molar-refractivity contribution is -0.121. The smallest absolute Gasteiger partial charge is 0.266 e. The van der Waals surface area contributed by atoms with Crippen molar-refractivity contribution in [2.75, 3.05) is 6.54 Å². The Kier molecular flexibility index (Phi) is 5.72. The third kappa shape index (κ3) is 4.26. The lowest BCUT2D eigenvalue weighted by Gasteiger charge is -2.09. The topological polar surface area (TPSA) is 65.3 Å². The van der Waals surface area contributed by atoms with Crippen LogP contribution in [0.25, 0.3) is 6.08 Å². The number of likely N-dealkylation sites (N-methyl/N-ethyl adjacent to an activating group) is 1. The van der Waals surface area contributed by atoms with E-state index in [2.05, 4.69) is 10.2 Å². The molecule has 3 rings (SSSR count). The minimum absolute atomic E-state index is 0.0712. The van der Waals surface area contributed by atoms with Gasteiger partial charge in [0, 0.05) is 12.1 Å². The Bertz CT molecular complexity index is 983. The highest BCUT2D eigenvalue weighted by atomic mass is 32.2. The number of rotatable bonds is 4. The summed E-state index contributed by atoms with van der Waals surface area (Å²) in [5, 5.41) is 18.6. The van der Waals surface area contributed by atoms with E-state index in [4.69, 9.17) is 12.2 Å². The molecule has 2 aromatic rings. The highest BCUT2D eigenvalue weighted by Gasteiger charge is 2.30. The number of benzene rings is 2. The molecule has 138 valence electrons. The van der Waals surface area contributed by atoms with Crippen LogP contribution in [0.3, 0.4) is 0 Å². The zero-order chi connectivity index (χ0) is 19.6. The number of carbonyl (C=O) groups excluding carboxylic acids is 1. The summed E-state index contributed by atoms with van der Waals surface area (Å²) in [6.07, 6.45) is 1.64. The molecule has 1 amide bonds. The summed E-state index contributed by atoms with van der Waals surface area (Å²) in [4.78, 5) is 14.4. The first kappa shape index (κ1) is 19.3. The van der Waals surface area contributed by atoms with Gasteiger partial charge in [-0.2, -0.15) is 10.2 Å². The van der Waals surface area contributed by atoms with E-state index >= 15 is 0 Å². The molecular weight excluding hydrogens is 378 g/mol. The highest BCUT2D eigenvalue weighted by Crippen LogP contribution is 2.35. The Morgan fingerprint density at radius 1 is 1.11 bits per heavy atom. The largest absolute Gasteiger partial charge is 0.507 e.